The van der Waals surface area contributed by atoms with Crippen molar-refractivity contribution in [2.45, 2.75) is 87.5 Å². The van der Waals surface area contributed by atoms with E-state index in [1.165, 1.54) is 6.08 Å². The number of anilines is 1. The first kappa shape index (κ1) is 46.2. The molecule has 0 radical (unpaired) electrons. The number of hydrogen-bond donors (Lipinski definition) is 7. The van der Waals surface area contributed by atoms with Gasteiger partial charge < -0.3 is 36.1 Å². The number of carbonyl (C=O) groups excluding carboxylic acids is 3. The number of likely N-dealkylation sites (N-methyl/N-ethyl adjacent to an activating group) is 1. The highest BCUT2D eigenvalue weighted by Gasteiger charge is 2.26. The normalized spacial score (nSPS) is 15.1. The van der Waals surface area contributed by atoms with Gasteiger partial charge in [0.2, 0.25) is 5.91 Å². The van der Waals surface area contributed by atoms with Crippen LogP contribution in [0.2, 0.25) is 0 Å². The molecule has 3 amide bonds. The first-order valence-corrected chi connectivity index (χ1v) is 20.1. The number of benzene rings is 1. The predicted octanol–water partition coefficient (Wildman–Crippen LogP) is 7.11. The van der Waals surface area contributed by atoms with Gasteiger partial charge in [-0.2, -0.15) is 0 Å². The minimum absolute atomic E-state index is 0.0612. The van der Waals surface area contributed by atoms with E-state index in [0.29, 0.717) is 41.1 Å². The lowest BCUT2D eigenvalue weighted by Crippen LogP contribution is -2.33. The van der Waals surface area contributed by atoms with Gasteiger partial charge in [0, 0.05) is 70.1 Å². The summed E-state index contributed by atoms with van der Waals surface area (Å²) in [6.07, 6.45) is 7.58. The molecule has 60 heavy (non-hydrogen) atoms. The number of allylic oxidation sites excluding steroid dienone is 2. The molecule has 13 nitrogen and oxygen atoms in total. The molecule has 7 N–H and O–H groups in total. The first-order valence-electron chi connectivity index (χ1n) is 20.1. The van der Waals surface area contributed by atoms with Crippen molar-refractivity contribution in [2.24, 2.45) is 0 Å². The molecule has 0 saturated carbocycles. The number of aromatic amines is 2. The van der Waals surface area contributed by atoms with Crippen LogP contribution in [0.15, 0.2) is 77.2 Å². The number of hydrogen-bond acceptors (Lipinski definition) is 6. The minimum atomic E-state index is -0.922. The molecule has 0 saturated heterocycles. The summed E-state index contributed by atoms with van der Waals surface area (Å²) >= 11 is 0. The number of aromatic nitrogens is 2. The van der Waals surface area contributed by atoms with Crippen molar-refractivity contribution in [3.8, 4) is 0 Å². The van der Waals surface area contributed by atoms with Crippen LogP contribution in [0.25, 0.3) is 12.2 Å². The van der Waals surface area contributed by atoms with Gasteiger partial charge in [-0.15, -0.1) is 0 Å². The zero-order valence-electron chi connectivity index (χ0n) is 36.0. The fourth-order valence-electron chi connectivity index (χ4n) is 7.45. The van der Waals surface area contributed by atoms with Crippen molar-refractivity contribution in [3.63, 3.8) is 0 Å². The van der Waals surface area contributed by atoms with Crippen LogP contribution in [-0.2, 0) is 43.2 Å². The zero-order chi connectivity index (χ0) is 44.4. The van der Waals surface area contributed by atoms with E-state index in [0.717, 1.165) is 80.5 Å². The second kappa shape index (κ2) is 20.5. The van der Waals surface area contributed by atoms with E-state index < -0.39 is 11.9 Å². The van der Waals surface area contributed by atoms with Gasteiger partial charge in [-0.05, 0) is 119 Å². The summed E-state index contributed by atoms with van der Waals surface area (Å²) < 4.78 is 0. The fourth-order valence-corrected chi connectivity index (χ4v) is 7.45. The molecule has 0 aliphatic carbocycles. The number of para-hydroxylation sites is 1. The number of carboxylic acids is 2. The van der Waals surface area contributed by atoms with Crippen LogP contribution in [0.4, 0.5) is 5.69 Å². The number of carbonyl (C=O) groups is 5. The number of aliphatic carboxylic acids is 2. The molecule has 2 aromatic heterocycles. The summed E-state index contributed by atoms with van der Waals surface area (Å²) in [7, 11) is 0. The Kier molecular flexibility index (Phi) is 15.8. The lowest BCUT2D eigenvalue weighted by Gasteiger charge is -2.18. The van der Waals surface area contributed by atoms with E-state index in [1.54, 1.807) is 13.0 Å². The van der Waals surface area contributed by atoms with E-state index >= 15 is 0 Å². The molecule has 2 aliphatic rings. The number of nitrogens with zero attached hydrogens (tertiary/aromatic N) is 1. The van der Waals surface area contributed by atoms with E-state index in [-0.39, 0.29) is 43.4 Å². The Morgan fingerprint density at radius 3 is 1.65 bits per heavy atom. The molecule has 0 bridgehead atoms. The Labute approximate surface area is 352 Å². The molecule has 1 aromatic carbocycles. The van der Waals surface area contributed by atoms with Gasteiger partial charge in [-0.3, -0.25) is 28.9 Å². The van der Waals surface area contributed by atoms with Gasteiger partial charge in [0.25, 0.3) is 11.8 Å². The number of carboxylic acid groups (broad SMARTS) is 2. The first-order chi connectivity index (χ1) is 28.4. The molecular weight excluding hydrogens is 761 g/mol. The molecule has 0 spiro atoms. The van der Waals surface area contributed by atoms with Crippen LogP contribution < -0.4 is 16.0 Å². The van der Waals surface area contributed by atoms with Crippen molar-refractivity contribution >= 4 is 47.5 Å². The molecular formula is C47H58N6O7. The molecule has 4 heterocycles. The second-order valence-corrected chi connectivity index (χ2v) is 15.0. The largest absolute Gasteiger partial charge is 0.481 e. The van der Waals surface area contributed by atoms with Gasteiger partial charge in [0.05, 0.1) is 12.2 Å². The topological polar surface area (TPSA) is 197 Å². The lowest BCUT2D eigenvalue weighted by atomic mass is 9.98. The summed E-state index contributed by atoms with van der Waals surface area (Å²) in [5.74, 6) is -2.22. The predicted molar refractivity (Wildman–Crippen MR) is 236 cm³/mol. The van der Waals surface area contributed by atoms with E-state index in [1.807, 2.05) is 65.0 Å². The SMILES string of the molecule is C=CC1=C(C)/C(=C/c2[nH]c(Cc3[nH]c(/C=C4\NC(=O)C(C)=C4C=C)c(C)c3CCC(=O)O)c(CCC(=O)O)c2C)NC1=O.CCN(CC)CC(=O)Nc1c(C)cccc1C. The molecule has 0 fully saturated rings. The van der Waals surface area contributed by atoms with Gasteiger partial charge in [0.15, 0.2) is 0 Å². The molecule has 13 heteroatoms. The third-order valence-electron chi connectivity index (χ3n) is 11.1. The highest BCUT2D eigenvalue weighted by atomic mass is 16.4. The van der Waals surface area contributed by atoms with Crippen molar-refractivity contribution < 1.29 is 34.2 Å². The third kappa shape index (κ3) is 11.0. The van der Waals surface area contributed by atoms with E-state index in [9.17, 15) is 34.2 Å². The summed E-state index contributed by atoms with van der Waals surface area (Å²) in [5, 5.41) is 27.6. The van der Waals surface area contributed by atoms with Gasteiger partial charge in [0.1, 0.15) is 0 Å². The maximum Gasteiger partial charge on any atom is 0.303 e. The molecule has 2 aliphatic heterocycles. The monoisotopic (exact) mass is 818 g/mol. The number of amides is 3. The Morgan fingerprint density at radius 1 is 0.717 bits per heavy atom. The van der Waals surface area contributed by atoms with Gasteiger partial charge in [-0.1, -0.05) is 57.4 Å². The molecule has 3 aromatic rings. The quantitative estimate of drug-likeness (QED) is 0.0748. The van der Waals surface area contributed by atoms with Crippen LogP contribution in [0.1, 0.15) is 96.7 Å². The standard InChI is InChI=1S/C33H36N4O6.C14H22N2O/c1-7-20-19(6)32(42)37-27(20)14-25-18(5)23(10-12-31(40)41)29(35-25)15-28-22(9-11-30(38)39)17(4)24(34-28)13-26-16(3)21(8-2)33(43)36-26;1-5-16(6-2)10-13(17)15-14-11(3)8-7-9-12(14)4/h7-8,13-14,34-35H,1-2,9-12,15H2,3-6H3,(H,36,43)(H,37,42)(H,38,39)(H,40,41);7-9H,5-6,10H2,1-4H3,(H,15,17)/b26-13-,27-14-;. The van der Waals surface area contributed by atoms with E-state index in [4.69, 9.17) is 0 Å². The van der Waals surface area contributed by atoms with Crippen molar-refractivity contribution in [2.75, 3.05) is 25.0 Å². The van der Waals surface area contributed by atoms with Gasteiger partial charge >= 0.3 is 11.9 Å². The van der Waals surface area contributed by atoms with Crippen molar-refractivity contribution in [1.29, 1.82) is 0 Å². The van der Waals surface area contributed by atoms with Gasteiger partial charge in [-0.25, -0.2) is 0 Å². The van der Waals surface area contributed by atoms with Crippen LogP contribution in [-0.4, -0.2) is 74.4 Å². The average molecular weight is 819 g/mol. The van der Waals surface area contributed by atoms with Crippen LogP contribution in [0.5, 0.6) is 0 Å². The van der Waals surface area contributed by atoms with Crippen LogP contribution in [0, 0.1) is 27.7 Å². The average Bonchev–Trinajstić information content (AvgIpc) is 3.85. The van der Waals surface area contributed by atoms with E-state index in [2.05, 4.69) is 57.8 Å². The maximum absolute atomic E-state index is 12.3. The summed E-state index contributed by atoms with van der Waals surface area (Å²) in [6, 6.07) is 6.03. The maximum atomic E-state index is 12.3. The zero-order valence-corrected chi connectivity index (χ0v) is 36.0. The van der Waals surface area contributed by atoms with Crippen molar-refractivity contribution in [3.05, 3.63) is 133 Å². The minimum Gasteiger partial charge on any atom is -0.481 e. The Bertz CT molecular complexity index is 2320. The number of rotatable bonds is 17. The summed E-state index contributed by atoms with van der Waals surface area (Å²) in [5.41, 5.74) is 13.4. The summed E-state index contributed by atoms with van der Waals surface area (Å²) in [6.45, 7) is 25.3. The number of aryl methyl sites for hydroxylation is 2. The molecule has 0 atom stereocenters. The third-order valence-corrected chi connectivity index (χ3v) is 11.1. The Hall–Kier alpha value is -6.47. The highest BCUT2D eigenvalue weighted by Crippen LogP contribution is 2.32. The Balaban J connectivity index is 0.000000391. The Morgan fingerprint density at radius 2 is 1.20 bits per heavy atom. The number of H-pyrrole nitrogens is 2. The molecule has 5 rings (SSSR count). The fraction of sp³-hybridized carbons (Fsp3) is 0.340. The second-order valence-electron chi connectivity index (χ2n) is 15.0. The smallest absolute Gasteiger partial charge is 0.303 e. The highest BCUT2D eigenvalue weighted by molar-refractivity contribution is 6.03. The number of nitrogens with one attached hydrogen (secondary N) is 5. The molecule has 318 valence electrons. The van der Waals surface area contributed by atoms with Crippen molar-refractivity contribution in [1.82, 2.24) is 25.5 Å². The molecule has 0 unspecified atom stereocenters. The van der Waals surface area contributed by atoms with Crippen LogP contribution >= 0.6 is 0 Å². The summed E-state index contributed by atoms with van der Waals surface area (Å²) in [4.78, 5) is 68.5. The lowest BCUT2D eigenvalue weighted by molar-refractivity contribution is -0.138. The van der Waals surface area contributed by atoms with Crippen LogP contribution in [0.3, 0.4) is 0 Å².